The molecule has 0 fully saturated rings. The number of nitrogens with one attached hydrogen (secondary N) is 1. The molecule has 0 spiro atoms. The third-order valence-corrected chi connectivity index (χ3v) is 3.10. The molecule has 0 bridgehead atoms. The zero-order chi connectivity index (χ0) is 11.2. The van der Waals surface area contributed by atoms with Gasteiger partial charge in [0.2, 0.25) is 0 Å². The van der Waals surface area contributed by atoms with Crippen molar-refractivity contribution in [2.24, 2.45) is 0 Å². The second-order valence-electron chi connectivity index (χ2n) is 4.79. The van der Waals surface area contributed by atoms with Crippen LogP contribution in [-0.4, -0.2) is 5.54 Å². The molecule has 2 rings (SSSR count). The van der Waals surface area contributed by atoms with E-state index < -0.39 is 0 Å². The number of hydrogen-bond acceptors (Lipinski definition) is 1. The quantitative estimate of drug-likeness (QED) is 0.691. The average molecular weight is 222 g/mol. The molecule has 0 unspecified atom stereocenters. The molecule has 0 atom stereocenters. The van der Waals surface area contributed by atoms with Crippen LogP contribution in [-0.2, 0) is 0 Å². The summed E-state index contributed by atoms with van der Waals surface area (Å²) in [6.07, 6.45) is 2.22. The maximum atomic E-state index is 6.22. The lowest BCUT2D eigenvalue weighted by Gasteiger charge is -2.33. The van der Waals surface area contributed by atoms with Crippen LogP contribution in [0.1, 0.15) is 31.9 Å². The zero-order valence-electron chi connectivity index (χ0n) is 9.61. The van der Waals surface area contributed by atoms with Crippen molar-refractivity contribution >= 4 is 22.9 Å². The van der Waals surface area contributed by atoms with Crippen molar-refractivity contribution in [3.8, 4) is 0 Å². The van der Waals surface area contributed by atoms with Gasteiger partial charge in [-0.3, -0.25) is 0 Å². The minimum absolute atomic E-state index is 0.00647. The van der Waals surface area contributed by atoms with Gasteiger partial charge in [-0.25, -0.2) is 0 Å². The van der Waals surface area contributed by atoms with Crippen molar-refractivity contribution in [2.75, 3.05) is 5.32 Å². The number of benzene rings is 1. The summed E-state index contributed by atoms with van der Waals surface area (Å²) in [6.45, 7) is 8.56. The summed E-state index contributed by atoms with van der Waals surface area (Å²) in [5, 5.41) is 4.34. The van der Waals surface area contributed by atoms with Crippen LogP contribution in [0.5, 0.6) is 0 Å². The SMILES string of the molecule is CC1=CC(C)(C)Nc2c(C)ccc(Cl)c21. The van der Waals surface area contributed by atoms with Gasteiger partial charge in [-0.05, 0) is 44.9 Å². The Kier molecular flexibility index (Phi) is 2.31. The number of halogens is 1. The molecule has 0 aromatic heterocycles. The van der Waals surface area contributed by atoms with Crippen LogP contribution in [0.25, 0.3) is 5.57 Å². The molecule has 15 heavy (non-hydrogen) atoms. The summed E-state index contributed by atoms with van der Waals surface area (Å²) in [7, 11) is 0. The molecule has 1 nitrogen and oxygen atoms in total. The van der Waals surface area contributed by atoms with Gasteiger partial charge in [0.25, 0.3) is 0 Å². The van der Waals surface area contributed by atoms with Gasteiger partial charge in [0.15, 0.2) is 0 Å². The van der Waals surface area contributed by atoms with Gasteiger partial charge in [-0.15, -0.1) is 0 Å². The van der Waals surface area contributed by atoms with Gasteiger partial charge in [-0.1, -0.05) is 23.7 Å². The largest absolute Gasteiger partial charge is 0.376 e. The zero-order valence-corrected chi connectivity index (χ0v) is 10.4. The summed E-state index contributed by atoms with van der Waals surface area (Å²) in [5.41, 5.74) is 4.83. The van der Waals surface area contributed by atoms with E-state index in [4.69, 9.17) is 11.6 Å². The van der Waals surface area contributed by atoms with Crippen molar-refractivity contribution in [3.63, 3.8) is 0 Å². The molecule has 80 valence electrons. The highest BCUT2D eigenvalue weighted by Crippen LogP contribution is 2.39. The molecule has 0 saturated carbocycles. The summed E-state index contributed by atoms with van der Waals surface area (Å²) in [5.74, 6) is 0. The third kappa shape index (κ3) is 1.76. The van der Waals surface area contributed by atoms with E-state index >= 15 is 0 Å². The lowest BCUT2D eigenvalue weighted by atomic mass is 9.90. The normalized spacial score (nSPS) is 17.8. The highest BCUT2D eigenvalue weighted by Gasteiger charge is 2.24. The topological polar surface area (TPSA) is 12.0 Å². The molecular weight excluding hydrogens is 206 g/mol. The summed E-state index contributed by atoms with van der Waals surface area (Å²) in [4.78, 5) is 0. The van der Waals surface area contributed by atoms with Crippen molar-refractivity contribution in [1.29, 1.82) is 0 Å². The van der Waals surface area contributed by atoms with Gasteiger partial charge in [-0.2, -0.15) is 0 Å². The van der Waals surface area contributed by atoms with E-state index in [2.05, 4.69) is 45.2 Å². The molecule has 1 aromatic carbocycles. The summed E-state index contributed by atoms with van der Waals surface area (Å²) < 4.78 is 0. The Labute approximate surface area is 96.1 Å². The molecule has 0 aliphatic carbocycles. The third-order valence-electron chi connectivity index (χ3n) is 2.78. The first kappa shape index (κ1) is 10.6. The van der Waals surface area contributed by atoms with Crippen LogP contribution in [0.4, 0.5) is 5.69 Å². The number of fused-ring (bicyclic) bond motifs is 1. The van der Waals surface area contributed by atoms with E-state index in [-0.39, 0.29) is 5.54 Å². The van der Waals surface area contributed by atoms with E-state index in [0.717, 1.165) is 10.6 Å². The standard InChI is InChI=1S/C13H16ClN/c1-8-5-6-10(14)11-9(2)7-13(3,4)15-12(8)11/h5-7,15H,1-4H3. The molecule has 1 aliphatic heterocycles. The van der Waals surface area contributed by atoms with Crippen molar-refractivity contribution in [3.05, 3.63) is 34.4 Å². The minimum Gasteiger partial charge on any atom is -0.376 e. The maximum Gasteiger partial charge on any atom is 0.0506 e. The van der Waals surface area contributed by atoms with Crippen LogP contribution in [0.2, 0.25) is 5.02 Å². The fraction of sp³-hybridized carbons (Fsp3) is 0.385. The Balaban J connectivity index is 2.69. The van der Waals surface area contributed by atoms with E-state index in [1.165, 1.54) is 16.8 Å². The predicted molar refractivity (Wildman–Crippen MR) is 67.5 cm³/mol. The van der Waals surface area contributed by atoms with E-state index in [1.807, 2.05) is 6.07 Å². The molecule has 1 N–H and O–H groups in total. The van der Waals surface area contributed by atoms with Gasteiger partial charge in [0, 0.05) is 11.3 Å². The number of rotatable bonds is 0. The number of aryl methyl sites for hydroxylation is 1. The molecule has 1 aromatic rings. The predicted octanol–water partition coefficient (Wildman–Crippen LogP) is 4.26. The second-order valence-corrected chi connectivity index (χ2v) is 5.20. The first-order valence-electron chi connectivity index (χ1n) is 5.18. The minimum atomic E-state index is 0.00647. The van der Waals surface area contributed by atoms with Crippen LogP contribution in [0.3, 0.4) is 0 Å². The molecule has 0 amide bonds. The van der Waals surface area contributed by atoms with Gasteiger partial charge in [0.05, 0.1) is 10.6 Å². The van der Waals surface area contributed by atoms with Gasteiger partial charge < -0.3 is 5.32 Å². The number of hydrogen-bond donors (Lipinski definition) is 1. The highest BCUT2D eigenvalue weighted by atomic mass is 35.5. The Morgan fingerprint density at radius 3 is 2.53 bits per heavy atom. The lowest BCUT2D eigenvalue weighted by Crippen LogP contribution is -2.32. The highest BCUT2D eigenvalue weighted by molar-refractivity contribution is 6.33. The fourth-order valence-electron chi connectivity index (χ4n) is 2.20. The van der Waals surface area contributed by atoms with E-state index in [0.29, 0.717) is 0 Å². The van der Waals surface area contributed by atoms with Crippen molar-refractivity contribution in [2.45, 2.75) is 33.2 Å². The van der Waals surface area contributed by atoms with Gasteiger partial charge in [0.1, 0.15) is 0 Å². The van der Waals surface area contributed by atoms with Crippen molar-refractivity contribution in [1.82, 2.24) is 0 Å². The van der Waals surface area contributed by atoms with E-state index in [1.54, 1.807) is 0 Å². The molecule has 0 saturated heterocycles. The molecule has 2 heteroatoms. The van der Waals surface area contributed by atoms with Crippen LogP contribution in [0.15, 0.2) is 18.2 Å². The molecular formula is C13H16ClN. The average Bonchev–Trinajstić information content (AvgIpc) is 2.09. The Bertz CT molecular complexity index is 444. The summed E-state index contributed by atoms with van der Waals surface area (Å²) >= 11 is 6.22. The first-order chi connectivity index (χ1) is 6.91. The van der Waals surface area contributed by atoms with E-state index in [9.17, 15) is 0 Å². The lowest BCUT2D eigenvalue weighted by molar-refractivity contribution is 0.706. The maximum absolute atomic E-state index is 6.22. The monoisotopic (exact) mass is 221 g/mol. The smallest absolute Gasteiger partial charge is 0.0506 e. The Morgan fingerprint density at radius 1 is 1.20 bits per heavy atom. The molecule has 1 heterocycles. The van der Waals surface area contributed by atoms with Crippen LogP contribution in [0, 0.1) is 6.92 Å². The Morgan fingerprint density at radius 2 is 1.87 bits per heavy atom. The fourth-order valence-corrected chi connectivity index (χ4v) is 2.51. The van der Waals surface area contributed by atoms with Crippen LogP contribution < -0.4 is 5.32 Å². The Hall–Kier alpha value is -0.950. The first-order valence-corrected chi connectivity index (χ1v) is 5.55. The summed E-state index contributed by atoms with van der Waals surface area (Å²) in [6, 6.07) is 4.02. The van der Waals surface area contributed by atoms with Crippen molar-refractivity contribution < 1.29 is 0 Å². The van der Waals surface area contributed by atoms with Crippen LogP contribution >= 0.6 is 11.6 Å². The number of allylic oxidation sites excluding steroid dienone is 1. The molecule has 1 aliphatic rings. The number of anilines is 1. The van der Waals surface area contributed by atoms with Gasteiger partial charge >= 0.3 is 0 Å². The second kappa shape index (κ2) is 3.28. The molecule has 0 radical (unpaired) electrons.